The maximum Gasteiger partial charge on any atom is 0.311 e. The molecule has 2 rings (SSSR count). The van der Waals surface area contributed by atoms with E-state index in [1.807, 2.05) is 25.1 Å². The number of esters is 1. The van der Waals surface area contributed by atoms with Crippen LogP contribution in [0.25, 0.3) is 10.9 Å². The fraction of sp³-hybridized carbons (Fsp3) is 0.308. The summed E-state index contributed by atoms with van der Waals surface area (Å²) in [5, 5.41) is 0.984. The Morgan fingerprint density at radius 2 is 2.17 bits per heavy atom. The molecular formula is C13H13ClN2O2. The molecule has 1 aromatic heterocycles. The highest BCUT2D eigenvalue weighted by atomic mass is 35.5. The highest BCUT2D eigenvalue weighted by Gasteiger charge is 2.11. The van der Waals surface area contributed by atoms with Crippen LogP contribution in [0, 0.1) is 6.92 Å². The normalized spacial score (nSPS) is 10.6. The molecule has 94 valence electrons. The number of carbonyl (C=O) groups is 1. The number of carbonyl (C=O) groups excluding carboxylic acids is 1. The Labute approximate surface area is 110 Å². The molecule has 0 saturated heterocycles. The van der Waals surface area contributed by atoms with Gasteiger partial charge in [-0.25, -0.2) is 9.97 Å². The van der Waals surface area contributed by atoms with E-state index < -0.39 is 0 Å². The van der Waals surface area contributed by atoms with Gasteiger partial charge in [0.05, 0.1) is 24.2 Å². The molecule has 1 heterocycles. The van der Waals surface area contributed by atoms with E-state index in [2.05, 4.69) is 9.97 Å². The Bertz CT molecular complexity index is 599. The van der Waals surface area contributed by atoms with Gasteiger partial charge in [-0.2, -0.15) is 0 Å². The van der Waals surface area contributed by atoms with Crippen LogP contribution >= 0.6 is 11.6 Å². The second-order valence-corrected chi connectivity index (χ2v) is 4.28. The molecule has 0 atom stereocenters. The topological polar surface area (TPSA) is 52.1 Å². The van der Waals surface area contributed by atoms with Crippen molar-refractivity contribution in [2.75, 3.05) is 6.61 Å². The Morgan fingerprint density at radius 3 is 2.89 bits per heavy atom. The maximum atomic E-state index is 11.5. The number of aromatic nitrogens is 2. The van der Waals surface area contributed by atoms with E-state index >= 15 is 0 Å². The fourth-order valence-corrected chi connectivity index (χ4v) is 1.95. The second kappa shape index (κ2) is 5.31. The van der Waals surface area contributed by atoms with Crippen molar-refractivity contribution in [1.29, 1.82) is 0 Å². The molecular weight excluding hydrogens is 252 g/mol. The number of benzene rings is 1. The quantitative estimate of drug-likeness (QED) is 0.632. The van der Waals surface area contributed by atoms with Crippen molar-refractivity contribution >= 4 is 28.5 Å². The first-order chi connectivity index (χ1) is 8.60. The van der Waals surface area contributed by atoms with Gasteiger partial charge in [-0.05, 0) is 37.6 Å². The molecule has 0 saturated carbocycles. The largest absolute Gasteiger partial charge is 0.466 e. The molecule has 0 aliphatic heterocycles. The van der Waals surface area contributed by atoms with Gasteiger partial charge in [-0.3, -0.25) is 4.79 Å². The van der Waals surface area contributed by atoms with Gasteiger partial charge in [-0.1, -0.05) is 11.6 Å². The van der Waals surface area contributed by atoms with Crippen molar-refractivity contribution in [3.8, 4) is 0 Å². The number of fused-ring (bicyclic) bond motifs is 1. The van der Waals surface area contributed by atoms with Gasteiger partial charge in [0.25, 0.3) is 0 Å². The summed E-state index contributed by atoms with van der Waals surface area (Å²) >= 11 is 5.85. The summed E-state index contributed by atoms with van der Waals surface area (Å²) in [4.78, 5) is 19.8. The maximum absolute atomic E-state index is 11.5. The summed E-state index contributed by atoms with van der Waals surface area (Å²) in [7, 11) is 0. The van der Waals surface area contributed by atoms with Crippen LogP contribution in [0.5, 0.6) is 0 Å². The molecule has 18 heavy (non-hydrogen) atoms. The number of halogens is 1. The van der Waals surface area contributed by atoms with Crippen LogP contribution in [0.4, 0.5) is 0 Å². The lowest BCUT2D eigenvalue weighted by Crippen LogP contribution is -2.09. The van der Waals surface area contributed by atoms with Gasteiger partial charge in [0.1, 0.15) is 0 Å². The lowest BCUT2D eigenvalue weighted by molar-refractivity contribution is -0.142. The highest BCUT2D eigenvalue weighted by Crippen LogP contribution is 2.20. The van der Waals surface area contributed by atoms with Crippen LogP contribution in [0.3, 0.4) is 0 Å². The van der Waals surface area contributed by atoms with Crippen molar-refractivity contribution in [3.05, 3.63) is 34.7 Å². The Balaban J connectivity index is 2.47. The van der Waals surface area contributed by atoms with Gasteiger partial charge >= 0.3 is 5.97 Å². The Hall–Kier alpha value is -1.68. The predicted molar refractivity (Wildman–Crippen MR) is 69.6 cm³/mol. The zero-order valence-electron chi connectivity index (χ0n) is 10.2. The van der Waals surface area contributed by atoms with Crippen LogP contribution < -0.4 is 0 Å². The molecule has 4 nitrogen and oxygen atoms in total. The van der Waals surface area contributed by atoms with E-state index in [4.69, 9.17) is 16.3 Å². The van der Waals surface area contributed by atoms with Crippen molar-refractivity contribution in [2.45, 2.75) is 20.3 Å². The van der Waals surface area contributed by atoms with Crippen LogP contribution in [0.1, 0.15) is 18.2 Å². The van der Waals surface area contributed by atoms with Crippen LogP contribution in [-0.2, 0) is 16.0 Å². The minimum atomic E-state index is -0.310. The van der Waals surface area contributed by atoms with Gasteiger partial charge < -0.3 is 4.74 Å². The van der Waals surface area contributed by atoms with E-state index in [-0.39, 0.29) is 17.7 Å². The van der Waals surface area contributed by atoms with Crippen LogP contribution in [0.2, 0.25) is 5.28 Å². The molecule has 2 aromatic rings. The van der Waals surface area contributed by atoms with E-state index in [9.17, 15) is 4.79 Å². The number of rotatable bonds is 3. The minimum Gasteiger partial charge on any atom is -0.466 e. The molecule has 0 radical (unpaired) electrons. The van der Waals surface area contributed by atoms with Crippen LogP contribution in [-0.4, -0.2) is 22.5 Å². The average molecular weight is 265 g/mol. The summed E-state index contributed by atoms with van der Waals surface area (Å²) in [6.07, 6.45) is 0.107. The molecule has 0 unspecified atom stereocenters. The van der Waals surface area contributed by atoms with Crippen LogP contribution in [0.15, 0.2) is 18.2 Å². The zero-order chi connectivity index (χ0) is 13.1. The molecule has 0 fully saturated rings. The first kappa shape index (κ1) is 12.8. The molecule has 0 N–H and O–H groups in total. The summed E-state index contributed by atoms with van der Waals surface area (Å²) < 4.78 is 4.92. The second-order valence-electron chi connectivity index (χ2n) is 3.94. The number of ether oxygens (including phenoxy) is 1. The molecule has 0 bridgehead atoms. The van der Waals surface area contributed by atoms with Gasteiger partial charge in [-0.15, -0.1) is 0 Å². The fourth-order valence-electron chi connectivity index (χ4n) is 1.76. The SMILES string of the molecule is CCOC(=O)Cc1nc(Cl)nc2ccc(C)cc12. The molecule has 1 aromatic carbocycles. The molecule has 0 aliphatic rings. The van der Waals surface area contributed by atoms with E-state index in [1.54, 1.807) is 6.92 Å². The Kier molecular flexibility index (Phi) is 3.77. The third-order valence-corrected chi connectivity index (χ3v) is 2.69. The zero-order valence-corrected chi connectivity index (χ0v) is 11.0. The lowest BCUT2D eigenvalue weighted by Gasteiger charge is -2.06. The van der Waals surface area contributed by atoms with Crippen molar-refractivity contribution < 1.29 is 9.53 Å². The average Bonchev–Trinajstić information content (AvgIpc) is 2.30. The van der Waals surface area contributed by atoms with Gasteiger partial charge in [0.15, 0.2) is 0 Å². The lowest BCUT2D eigenvalue weighted by atomic mass is 10.1. The smallest absolute Gasteiger partial charge is 0.311 e. The molecule has 0 aliphatic carbocycles. The summed E-state index contributed by atoms with van der Waals surface area (Å²) in [6, 6.07) is 5.76. The first-order valence-corrected chi connectivity index (χ1v) is 6.06. The van der Waals surface area contributed by atoms with Gasteiger partial charge in [0.2, 0.25) is 5.28 Å². The minimum absolute atomic E-state index is 0.107. The predicted octanol–water partition coefficient (Wildman–Crippen LogP) is 2.70. The first-order valence-electron chi connectivity index (χ1n) is 5.68. The number of hydrogen-bond acceptors (Lipinski definition) is 4. The number of hydrogen-bond donors (Lipinski definition) is 0. The van der Waals surface area contributed by atoms with E-state index in [0.717, 1.165) is 16.5 Å². The number of nitrogens with zero attached hydrogens (tertiary/aromatic N) is 2. The molecule has 5 heteroatoms. The molecule has 0 amide bonds. The van der Waals surface area contributed by atoms with E-state index in [1.165, 1.54) is 0 Å². The number of aryl methyl sites for hydroxylation is 1. The highest BCUT2D eigenvalue weighted by molar-refractivity contribution is 6.28. The van der Waals surface area contributed by atoms with E-state index in [0.29, 0.717) is 12.3 Å². The monoisotopic (exact) mass is 264 g/mol. The summed E-state index contributed by atoms with van der Waals surface area (Å²) in [6.45, 7) is 4.10. The van der Waals surface area contributed by atoms with Crippen molar-refractivity contribution in [3.63, 3.8) is 0 Å². The van der Waals surface area contributed by atoms with Crippen molar-refractivity contribution in [2.24, 2.45) is 0 Å². The summed E-state index contributed by atoms with van der Waals surface area (Å²) in [5.74, 6) is -0.310. The van der Waals surface area contributed by atoms with Gasteiger partial charge in [0, 0.05) is 5.39 Å². The van der Waals surface area contributed by atoms with Crippen molar-refractivity contribution in [1.82, 2.24) is 9.97 Å². The third-order valence-electron chi connectivity index (χ3n) is 2.52. The summed E-state index contributed by atoms with van der Waals surface area (Å²) in [5.41, 5.74) is 2.42. The standard InChI is InChI=1S/C13H13ClN2O2/c1-3-18-12(17)7-11-9-6-8(2)4-5-10(9)15-13(14)16-11/h4-6H,3,7H2,1-2H3. The Morgan fingerprint density at radius 1 is 1.39 bits per heavy atom. The molecule has 0 spiro atoms. The third kappa shape index (κ3) is 2.76.